The van der Waals surface area contributed by atoms with E-state index in [9.17, 15) is 4.57 Å². The van der Waals surface area contributed by atoms with Crippen LogP contribution < -0.4 is 0 Å². The molecule has 0 heterocycles. The van der Waals surface area contributed by atoms with Crippen LogP contribution in [-0.4, -0.2) is 14.2 Å². The van der Waals surface area contributed by atoms with Gasteiger partial charge in [-0.05, 0) is 0 Å². The molecule has 6 heteroatoms. The van der Waals surface area contributed by atoms with Gasteiger partial charge in [-0.25, -0.2) is 0 Å². The molecule has 70 valence electrons. The summed E-state index contributed by atoms with van der Waals surface area (Å²) >= 11 is 10.8. The van der Waals surface area contributed by atoms with Crippen LogP contribution in [-0.2, 0) is 13.6 Å². The van der Waals surface area contributed by atoms with Crippen molar-refractivity contribution in [1.29, 1.82) is 0 Å². The molecule has 0 aliphatic rings. The summed E-state index contributed by atoms with van der Waals surface area (Å²) < 4.78 is 20.8. The third kappa shape index (κ3) is 2.61. The van der Waals surface area contributed by atoms with E-state index < -0.39 is 7.60 Å². The van der Waals surface area contributed by atoms with Gasteiger partial charge < -0.3 is 9.05 Å². The molecule has 0 fully saturated rings. The Hall–Kier alpha value is 0.210. The van der Waals surface area contributed by atoms with E-state index >= 15 is 0 Å². The highest BCUT2D eigenvalue weighted by atomic mass is 35.5. The van der Waals surface area contributed by atoms with Crippen LogP contribution in [0, 0.1) is 0 Å². The fraction of sp³-hybridized carbons (Fsp3) is 0.333. The average molecular weight is 231 g/mol. The summed E-state index contributed by atoms with van der Waals surface area (Å²) in [5.74, 6) is 0. The molecular formula is C6H9Cl2O3P. The Kier molecular flexibility index (Phi) is 5.14. The van der Waals surface area contributed by atoms with E-state index in [2.05, 4.69) is 15.6 Å². The summed E-state index contributed by atoms with van der Waals surface area (Å²) in [4.78, 5) is 0. The van der Waals surface area contributed by atoms with Crippen molar-refractivity contribution in [2.24, 2.45) is 0 Å². The molecule has 0 rings (SSSR count). The molecule has 0 aromatic rings. The first-order valence-corrected chi connectivity index (χ1v) is 5.24. The predicted molar refractivity (Wildman–Crippen MR) is 50.6 cm³/mol. The van der Waals surface area contributed by atoms with Gasteiger partial charge >= 0.3 is 7.60 Å². The Labute approximate surface area is 81.5 Å². The maximum atomic E-state index is 11.5. The van der Waals surface area contributed by atoms with Gasteiger partial charge in [-0.3, -0.25) is 4.57 Å². The number of rotatable bonds is 4. The third-order valence-electron chi connectivity index (χ3n) is 1.18. The second-order valence-electron chi connectivity index (χ2n) is 1.77. The molecule has 0 aromatic carbocycles. The molecule has 0 saturated heterocycles. The van der Waals surface area contributed by atoms with Crippen molar-refractivity contribution in [3.8, 4) is 0 Å². The van der Waals surface area contributed by atoms with Crippen molar-refractivity contribution in [3.05, 3.63) is 22.5 Å². The number of hydrogen-bond acceptors (Lipinski definition) is 3. The van der Waals surface area contributed by atoms with Crippen LogP contribution in [0.4, 0.5) is 0 Å². The lowest BCUT2D eigenvalue weighted by Gasteiger charge is -2.14. The fourth-order valence-electron chi connectivity index (χ4n) is 0.489. The van der Waals surface area contributed by atoms with E-state index in [1.807, 2.05) is 0 Å². The highest BCUT2D eigenvalue weighted by molar-refractivity contribution is 7.59. The van der Waals surface area contributed by atoms with Crippen LogP contribution in [0.3, 0.4) is 0 Å². The van der Waals surface area contributed by atoms with Crippen LogP contribution in [0.5, 0.6) is 0 Å². The molecule has 0 unspecified atom stereocenters. The summed E-state index contributed by atoms with van der Waals surface area (Å²) in [5, 5.41) is 0.105. The smallest absolute Gasteiger partial charge is 0.309 e. The van der Waals surface area contributed by atoms with E-state index in [4.69, 9.17) is 23.2 Å². The molecule has 0 atom stereocenters. The van der Waals surface area contributed by atoms with Crippen LogP contribution in [0.2, 0.25) is 0 Å². The Morgan fingerprint density at radius 2 is 1.92 bits per heavy atom. The average Bonchev–Trinajstić information content (AvgIpc) is 2.14. The van der Waals surface area contributed by atoms with Gasteiger partial charge in [0.2, 0.25) is 0 Å². The Balaban J connectivity index is 4.79. The minimum absolute atomic E-state index is 0.0455. The van der Waals surface area contributed by atoms with Crippen molar-refractivity contribution in [1.82, 2.24) is 0 Å². The third-order valence-corrected chi connectivity index (χ3v) is 3.85. The molecule has 0 aromatic heterocycles. The molecule has 12 heavy (non-hydrogen) atoms. The molecule has 3 nitrogen and oxygen atoms in total. The van der Waals surface area contributed by atoms with Crippen molar-refractivity contribution < 1.29 is 13.6 Å². The fourth-order valence-corrected chi connectivity index (χ4v) is 1.92. The number of halogens is 2. The Bertz CT molecular complexity index is 241. The molecule has 0 N–H and O–H groups in total. The summed E-state index contributed by atoms with van der Waals surface area (Å²) in [6.07, 6.45) is 0. The monoisotopic (exact) mass is 230 g/mol. The largest absolute Gasteiger partial charge is 0.361 e. The topological polar surface area (TPSA) is 35.5 Å². The first-order chi connectivity index (χ1) is 5.51. The zero-order valence-corrected chi connectivity index (χ0v) is 9.12. The van der Waals surface area contributed by atoms with Crippen molar-refractivity contribution in [2.45, 2.75) is 0 Å². The van der Waals surface area contributed by atoms with Crippen LogP contribution in [0.15, 0.2) is 22.5 Å². The standard InChI is InChI=1S/C6H9Cl2O3P/c1-5(6(8)4-7)12(9,10-2)11-3/h4H,1H2,2-3H3. The van der Waals surface area contributed by atoms with Gasteiger partial charge in [-0.15, -0.1) is 0 Å². The lowest BCUT2D eigenvalue weighted by Crippen LogP contribution is -1.91. The van der Waals surface area contributed by atoms with Gasteiger partial charge in [-0.2, -0.15) is 0 Å². The maximum absolute atomic E-state index is 11.5. The van der Waals surface area contributed by atoms with Crippen LogP contribution in [0.1, 0.15) is 0 Å². The second kappa shape index (κ2) is 5.05. The summed E-state index contributed by atoms with van der Waals surface area (Å²) in [6, 6.07) is 0. The molecule has 0 bridgehead atoms. The van der Waals surface area contributed by atoms with Crippen LogP contribution in [0.25, 0.3) is 0 Å². The van der Waals surface area contributed by atoms with Gasteiger partial charge in [0.1, 0.15) is 0 Å². The number of allylic oxidation sites excluding steroid dienone is 2. The van der Waals surface area contributed by atoms with E-state index in [1.54, 1.807) is 0 Å². The SMILES string of the molecule is C=C(C(Cl)=CCl)P(=O)(OC)OC. The maximum Gasteiger partial charge on any atom is 0.361 e. The lowest BCUT2D eigenvalue weighted by atomic mass is 10.6. The van der Waals surface area contributed by atoms with E-state index in [-0.39, 0.29) is 10.3 Å². The molecule has 0 amide bonds. The number of hydrogen-bond donors (Lipinski definition) is 0. The van der Waals surface area contributed by atoms with Gasteiger partial charge in [-0.1, -0.05) is 29.8 Å². The molecular weight excluding hydrogens is 222 g/mol. The van der Waals surface area contributed by atoms with Crippen molar-refractivity contribution in [2.75, 3.05) is 14.2 Å². The molecule has 0 spiro atoms. The molecule has 0 radical (unpaired) electrons. The minimum Gasteiger partial charge on any atom is -0.309 e. The molecule has 0 aliphatic heterocycles. The normalized spacial score (nSPS) is 13.2. The summed E-state index contributed by atoms with van der Waals surface area (Å²) in [6.45, 7) is 3.44. The molecule has 0 aliphatic carbocycles. The summed E-state index contributed by atoms with van der Waals surface area (Å²) in [7, 11) is -0.836. The minimum atomic E-state index is -3.32. The second-order valence-corrected chi connectivity index (χ2v) is 4.66. The molecule has 0 saturated carbocycles. The first-order valence-electron chi connectivity index (χ1n) is 2.89. The highest BCUT2D eigenvalue weighted by Crippen LogP contribution is 2.57. The first kappa shape index (κ1) is 12.2. The van der Waals surface area contributed by atoms with Gasteiger partial charge in [0, 0.05) is 19.8 Å². The van der Waals surface area contributed by atoms with Gasteiger partial charge in [0.05, 0.1) is 10.3 Å². The Morgan fingerprint density at radius 1 is 1.50 bits per heavy atom. The zero-order chi connectivity index (χ0) is 9.78. The van der Waals surface area contributed by atoms with Crippen molar-refractivity contribution in [3.63, 3.8) is 0 Å². The Morgan fingerprint density at radius 3 is 2.17 bits per heavy atom. The van der Waals surface area contributed by atoms with Gasteiger partial charge in [0.25, 0.3) is 0 Å². The van der Waals surface area contributed by atoms with E-state index in [1.165, 1.54) is 14.2 Å². The van der Waals surface area contributed by atoms with Crippen molar-refractivity contribution >= 4 is 30.8 Å². The van der Waals surface area contributed by atoms with E-state index in [0.717, 1.165) is 5.54 Å². The quantitative estimate of drug-likeness (QED) is 0.549. The van der Waals surface area contributed by atoms with E-state index in [0.29, 0.717) is 0 Å². The lowest BCUT2D eigenvalue weighted by molar-refractivity contribution is 0.284. The van der Waals surface area contributed by atoms with Gasteiger partial charge in [0.15, 0.2) is 0 Å². The highest BCUT2D eigenvalue weighted by Gasteiger charge is 2.27. The summed E-state index contributed by atoms with van der Waals surface area (Å²) in [5.41, 5.74) is 1.05. The predicted octanol–water partition coefficient (Wildman–Crippen LogP) is 3.31. The van der Waals surface area contributed by atoms with Crippen LogP contribution >= 0.6 is 30.8 Å². The zero-order valence-electron chi connectivity index (χ0n) is 6.71.